The van der Waals surface area contributed by atoms with Gasteiger partial charge in [-0.05, 0) is 74.3 Å². The largest absolute Gasteiger partial charge is 0.494 e. The van der Waals surface area contributed by atoms with E-state index in [-0.39, 0.29) is 4.90 Å². The summed E-state index contributed by atoms with van der Waals surface area (Å²) in [6.45, 7) is 4.67. The van der Waals surface area contributed by atoms with Crippen molar-refractivity contribution in [1.82, 2.24) is 4.90 Å². The average molecular weight is 405 g/mol. The lowest BCUT2D eigenvalue weighted by Crippen LogP contribution is -2.31. The fraction of sp³-hybridized carbons (Fsp3) is 0.429. The molecule has 0 amide bonds. The minimum atomic E-state index is -3.68. The minimum Gasteiger partial charge on any atom is -0.494 e. The van der Waals surface area contributed by atoms with Crippen LogP contribution in [0.1, 0.15) is 31.2 Å². The Bertz CT molecular complexity index is 830. The minimum absolute atomic E-state index is 0.0710. The van der Waals surface area contributed by atoms with Gasteiger partial charge in [0.15, 0.2) is 0 Å². The lowest BCUT2D eigenvalue weighted by molar-refractivity contribution is 0.205. The molecule has 0 spiro atoms. The number of primary sulfonamides is 1. The van der Waals surface area contributed by atoms with Crippen LogP contribution in [0, 0.1) is 0 Å². The van der Waals surface area contributed by atoms with Gasteiger partial charge in [-0.25, -0.2) is 13.6 Å². The number of sulfonamides is 1. The normalized spacial score (nSPS) is 15.3. The Labute approximate surface area is 167 Å². The van der Waals surface area contributed by atoms with E-state index in [4.69, 9.17) is 14.6 Å². The smallest absolute Gasteiger partial charge is 0.238 e. The summed E-state index contributed by atoms with van der Waals surface area (Å²) in [5, 5.41) is 5.08. The van der Waals surface area contributed by atoms with Gasteiger partial charge in [-0.1, -0.05) is 18.6 Å². The molecule has 1 saturated heterocycles. The Morgan fingerprint density at radius 3 is 2.11 bits per heavy atom. The van der Waals surface area contributed by atoms with Crippen molar-refractivity contribution in [2.75, 3.05) is 26.2 Å². The van der Waals surface area contributed by atoms with Gasteiger partial charge >= 0.3 is 0 Å². The molecule has 152 valence electrons. The lowest BCUT2D eigenvalue weighted by atomic mass is 10.1. The van der Waals surface area contributed by atoms with Gasteiger partial charge in [0.05, 0.1) is 11.5 Å². The molecule has 6 nitrogen and oxygen atoms in total. The van der Waals surface area contributed by atoms with Gasteiger partial charge in [-0.3, -0.25) is 0 Å². The van der Waals surface area contributed by atoms with E-state index in [0.29, 0.717) is 12.4 Å². The highest BCUT2D eigenvalue weighted by atomic mass is 32.2. The van der Waals surface area contributed by atoms with E-state index in [2.05, 4.69) is 4.90 Å². The van der Waals surface area contributed by atoms with Crippen molar-refractivity contribution in [2.24, 2.45) is 5.14 Å². The van der Waals surface area contributed by atoms with Crippen LogP contribution in [-0.2, 0) is 16.6 Å². The van der Waals surface area contributed by atoms with Crippen molar-refractivity contribution in [1.29, 1.82) is 0 Å². The highest BCUT2D eigenvalue weighted by molar-refractivity contribution is 7.89. The highest BCUT2D eigenvalue weighted by Gasteiger charge is 2.09. The van der Waals surface area contributed by atoms with E-state index in [1.807, 2.05) is 24.3 Å². The van der Waals surface area contributed by atoms with Gasteiger partial charge < -0.3 is 14.4 Å². The molecule has 2 aromatic carbocycles. The zero-order valence-corrected chi connectivity index (χ0v) is 16.9. The fourth-order valence-corrected chi connectivity index (χ4v) is 3.75. The molecule has 0 atom stereocenters. The third kappa shape index (κ3) is 6.51. The van der Waals surface area contributed by atoms with Crippen LogP contribution in [0.4, 0.5) is 0 Å². The summed E-state index contributed by atoms with van der Waals surface area (Å²) >= 11 is 0. The standard InChI is InChI=1S/C21H28N2O4S/c22-28(24,25)21-11-9-20(10-12-21)27-17-18-5-7-19(8-6-18)26-16-4-15-23-13-2-1-3-14-23/h5-12H,1-4,13-17H2,(H2,22,24,25). The fourth-order valence-electron chi connectivity index (χ4n) is 3.24. The summed E-state index contributed by atoms with van der Waals surface area (Å²) in [5.41, 5.74) is 1.01. The van der Waals surface area contributed by atoms with Crippen LogP contribution in [0.2, 0.25) is 0 Å². The molecular formula is C21H28N2O4S. The quantitative estimate of drug-likeness (QED) is 0.649. The number of nitrogens with two attached hydrogens (primary N) is 1. The van der Waals surface area contributed by atoms with Crippen LogP contribution in [0.5, 0.6) is 11.5 Å². The predicted molar refractivity (Wildman–Crippen MR) is 109 cm³/mol. The third-order valence-electron chi connectivity index (χ3n) is 4.82. The van der Waals surface area contributed by atoms with Gasteiger partial charge in [-0.15, -0.1) is 0 Å². The Hall–Kier alpha value is -2.09. The number of rotatable bonds is 9. The van der Waals surface area contributed by atoms with Crippen molar-refractivity contribution in [3.05, 3.63) is 54.1 Å². The van der Waals surface area contributed by atoms with Crippen molar-refractivity contribution in [2.45, 2.75) is 37.2 Å². The van der Waals surface area contributed by atoms with Crippen LogP contribution < -0.4 is 14.6 Å². The molecule has 1 aliphatic heterocycles. The van der Waals surface area contributed by atoms with Crippen molar-refractivity contribution >= 4 is 10.0 Å². The molecule has 3 rings (SSSR count). The monoisotopic (exact) mass is 404 g/mol. The van der Waals surface area contributed by atoms with Gasteiger partial charge in [0, 0.05) is 6.54 Å². The Balaban J connectivity index is 1.39. The molecule has 2 aromatic rings. The predicted octanol–water partition coefficient (Wildman–Crippen LogP) is 3.17. The lowest BCUT2D eigenvalue weighted by Gasteiger charge is -2.26. The molecule has 0 radical (unpaired) electrons. The van der Waals surface area contributed by atoms with E-state index in [0.717, 1.165) is 30.9 Å². The van der Waals surface area contributed by atoms with Gasteiger partial charge in [-0.2, -0.15) is 0 Å². The van der Waals surface area contributed by atoms with E-state index < -0.39 is 10.0 Å². The van der Waals surface area contributed by atoms with E-state index in [9.17, 15) is 8.42 Å². The maximum Gasteiger partial charge on any atom is 0.238 e. The van der Waals surface area contributed by atoms with Crippen LogP contribution in [0.3, 0.4) is 0 Å². The van der Waals surface area contributed by atoms with Crippen molar-refractivity contribution in [3.8, 4) is 11.5 Å². The summed E-state index contributed by atoms with van der Waals surface area (Å²) in [6.07, 6.45) is 5.05. The van der Waals surface area contributed by atoms with Crippen LogP contribution in [-0.4, -0.2) is 39.6 Å². The van der Waals surface area contributed by atoms with Crippen molar-refractivity contribution in [3.63, 3.8) is 0 Å². The summed E-state index contributed by atoms with van der Waals surface area (Å²) in [4.78, 5) is 2.59. The molecule has 1 heterocycles. The molecular weight excluding hydrogens is 376 g/mol. The number of piperidine rings is 1. The maximum absolute atomic E-state index is 11.3. The molecule has 2 N–H and O–H groups in total. The number of likely N-dealkylation sites (tertiary alicyclic amines) is 1. The maximum atomic E-state index is 11.3. The highest BCUT2D eigenvalue weighted by Crippen LogP contribution is 2.18. The molecule has 0 aromatic heterocycles. The van der Waals surface area contributed by atoms with Gasteiger partial charge in [0.1, 0.15) is 18.1 Å². The Kier molecular flexibility index (Phi) is 7.30. The zero-order valence-electron chi connectivity index (χ0n) is 16.0. The number of ether oxygens (including phenoxy) is 2. The summed E-state index contributed by atoms with van der Waals surface area (Å²) in [5.74, 6) is 1.45. The van der Waals surface area contributed by atoms with E-state index in [1.54, 1.807) is 12.1 Å². The first-order chi connectivity index (χ1) is 13.5. The van der Waals surface area contributed by atoms with Crippen LogP contribution in [0.25, 0.3) is 0 Å². The topological polar surface area (TPSA) is 81.9 Å². The SMILES string of the molecule is NS(=O)(=O)c1ccc(OCc2ccc(OCCCN3CCCCC3)cc2)cc1. The molecule has 0 unspecified atom stereocenters. The van der Waals surface area contributed by atoms with Crippen LogP contribution >= 0.6 is 0 Å². The first kappa shape index (κ1) is 20.6. The van der Waals surface area contributed by atoms with E-state index >= 15 is 0 Å². The number of hydrogen-bond acceptors (Lipinski definition) is 5. The molecule has 1 aliphatic rings. The second kappa shape index (κ2) is 9.91. The first-order valence-corrected chi connectivity index (χ1v) is 11.3. The van der Waals surface area contributed by atoms with E-state index in [1.165, 1.54) is 44.5 Å². The number of nitrogens with zero attached hydrogens (tertiary/aromatic N) is 1. The van der Waals surface area contributed by atoms with Gasteiger partial charge in [0.2, 0.25) is 10.0 Å². The zero-order chi connectivity index (χ0) is 19.8. The molecule has 0 bridgehead atoms. The molecule has 7 heteroatoms. The number of benzene rings is 2. The molecule has 28 heavy (non-hydrogen) atoms. The second-order valence-electron chi connectivity index (χ2n) is 7.05. The summed E-state index contributed by atoms with van der Waals surface area (Å²) in [7, 11) is -3.68. The second-order valence-corrected chi connectivity index (χ2v) is 8.61. The molecule has 1 fully saturated rings. The van der Waals surface area contributed by atoms with Gasteiger partial charge in [0.25, 0.3) is 0 Å². The van der Waals surface area contributed by atoms with Crippen LogP contribution in [0.15, 0.2) is 53.4 Å². The first-order valence-electron chi connectivity index (χ1n) is 9.70. The summed E-state index contributed by atoms with van der Waals surface area (Å²) in [6, 6.07) is 13.9. The van der Waals surface area contributed by atoms with Crippen molar-refractivity contribution < 1.29 is 17.9 Å². The Morgan fingerprint density at radius 2 is 1.46 bits per heavy atom. The Morgan fingerprint density at radius 1 is 0.857 bits per heavy atom. The molecule has 0 aliphatic carbocycles. The average Bonchev–Trinajstić information content (AvgIpc) is 2.71. The summed E-state index contributed by atoms with van der Waals surface area (Å²) < 4.78 is 34.0. The number of hydrogen-bond donors (Lipinski definition) is 1. The third-order valence-corrected chi connectivity index (χ3v) is 5.75. The molecule has 0 saturated carbocycles.